The van der Waals surface area contributed by atoms with Gasteiger partial charge in [0.25, 0.3) is 0 Å². The molecule has 19 heavy (non-hydrogen) atoms. The van der Waals surface area contributed by atoms with Crippen LogP contribution in [0, 0.1) is 5.92 Å². The Labute approximate surface area is 117 Å². The fraction of sp³-hybridized carbons (Fsp3) is 0.933. The van der Waals surface area contributed by atoms with Gasteiger partial charge in [-0.05, 0) is 65.2 Å². The molecule has 110 valence electrons. The van der Waals surface area contributed by atoms with E-state index in [0.29, 0.717) is 6.04 Å². The van der Waals surface area contributed by atoms with Gasteiger partial charge in [-0.15, -0.1) is 0 Å². The van der Waals surface area contributed by atoms with Gasteiger partial charge in [-0.2, -0.15) is 0 Å². The number of amides is 1. The second-order valence-electron chi connectivity index (χ2n) is 6.12. The molecule has 4 nitrogen and oxygen atoms in total. The Hall–Kier alpha value is -0.610. The lowest BCUT2D eigenvalue weighted by molar-refractivity contribution is -0.126. The molecule has 0 aromatic carbocycles. The minimum atomic E-state index is 0.228. The molecule has 0 bridgehead atoms. The molecule has 0 spiro atoms. The average molecular weight is 267 g/mol. The Kier molecular flexibility index (Phi) is 6.11. The van der Waals surface area contributed by atoms with Gasteiger partial charge in [-0.1, -0.05) is 6.42 Å². The zero-order valence-electron chi connectivity index (χ0n) is 12.3. The molecule has 1 amide bonds. The molecule has 2 heterocycles. The lowest BCUT2D eigenvalue weighted by Crippen LogP contribution is -2.43. The van der Waals surface area contributed by atoms with Gasteiger partial charge in [0.1, 0.15) is 0 Å². The highest BCUT2D eigenvalue weighted by atomic mass is 16.1. The van der Waals surface area contributed by atoms with Crippen molar-refractivity contribution >= 4 is 5.91 Å². The zero-order valence-corrected chi connectivity index (χ0v) is 12.3. The maximum Gasteiger partial charge on any atom is 0.223 e. The van der Waals surface area contributed by atoms with Gasteiger partial charge in [0.15, 0.2) is 0 Å². The van der Waals surface area contributed by atoms with Crippen molar-refractivity contribution in [2.45, 2.75) is 51.5 Å². The molecule has 2 aliphatic rings. The van der Waals surface area contributed by atoms with E-state index in [1.807, 2.05) is 0 Å². The van der Waals surface area contributed by atoms with Crippen molar-refractivity contribution in [3.63, 3.8) is 0 Å². The fourth-order valence-electron chi connectivity index (χ4n) is 3.21. The molecule has 0 aromatic heterocycles. The summed E-state index contributed by atoms with van der Waals surface area (Å²) in [7, 11) is 0. The standard InChI is InChI=1S/C15H29N3O/c1-13-12-14(6-8-16-13)15(19)17-7-5-11-18-9-3-2-4-10-18/h13-14,16H,2-12H2,1H3,(H,17,19). The molecule has 2 N–H and O–H groups in total. The molecule has 0 aromatic rings. The zero-order chi connectivity index (χ0) is 13.5. The maximum atomic E-state index is 12.0. The Bertz CT molecular complexity index is 277. The molecule has 2 saturated heterocycles. The number of rotatable bonds is 5. The largest absolute Gasteiger partial charge is 0.356 e. The Morgan fingerprint density at radius 3 is 2.84 bits per heavy atom. The monoisotopic (exact) mass is 267 g/mol. The van der Waals surface area contributed by atoms with Gasteiger partial charge in [-0.3, -0.25) is 4.79 Å². The summed E-state index contributed by atoms with van der Waals surface area (Å²) in [4.78, 5) is 14.6. The van der Waals surface area contributed by atoms with Gasteiger partial charge in [-0.25, -0.2) is 0 Å². The Balaban J connectivity index is 1.55. The number of carbonyl (C=O) groups is 1. The van der Waals surface area contributed by atoms with E-state index in [2.05, 4.69) is 22.5 Å². The third-order valence-electron chi connectivity index (χ3n) is 4.39. The predicted octanol–water partition coefficient (Wildman–Crippen LogP) is 1.37. The van der Waals surface area contributed by atoms with E-state index in [-0.39, 0.29) is 11.8 Å². The fourth-order valence-corrected chi connectivity index (χ4v) is 3.21. The second kappa shape index (κ2) is 7.85. The normalized spacial score (nSPS) is 29.1. The van der Waals surface area contributed by atoms with E-state index in [9.17, 15) is 4.79 Å². The lowest BCUT2D eigenvalue weighted by Gasteiger charge is -2.28. The molecule has 0 radical (unpaired) electrons. The average Bonchev–Trinajstić information content (AvgIpc) is 2.44. The van der Waals surface area contributed by atoms with Crippen LogP contribution >= 0.6 is 0 Å². The molecule has 2 rings (SSSR count). The van der Waals surface area contributed by atoms with E-state index >= 15 is 0 Å². The van der Waals surface area contributed by atoms with Crippen molar-refractivity contribution in [2.24, 2.45) is 5.92 Å². The van der Waals surface area contributed by atoms with Gasteiger partial charge >= 0.3 is 0 Å². The molecule has 2 aliphatic heterocycles. The topological polar surface area (TPSA) is 44.4 Å². The summed E-state index contributed by atoms with van der Waals surface area (Å²) in [5.74, 6) is 0.498. The molecule has 2 atom stereocenters. The number of nitrogens with one attached hydrogen (secondary N) is 2. The Morgan fingerprint density at radius 1 is 1.32 bits per heavy atom. The van der Waals surface area contributed by atoms with Crippen LogP contribution in [0.1, 0.15) is 45.4 Å². The van der Waals surface area contributed by atoms with Crippen molar-refractivity contribution in [1.82, 2.24) is 15.5 Å². The lowest BCUT2D eigenvalue weighted by atomic mass is 9.92. The van der Waals surface area contributed by atoms with E-state index in [1.165, 1.54) is 32.4 Å². The van der Waals surface area contributed by atoms with Crippen LogP contribution in [0.25, 0.3) is 0 Å². The number of hydrogen-bond donors (Lipinski definition) is 2. The molecule has 0 saturated carbocycles. The van der Waals surface area contributed by atoms with Crippen molar-refractivity contribution < 1.29 is 4.79 Å². The van der Waals surface area contributed by atoms with Gasteiger partial charge in [0, 0.05) is 18.5 Å². The van der Waals surface area contributed by atoms with Crippen LogP contribution in [0.2, 0.25) is 0 Å². The van der Waals surface area contributed by atoms with Crippen LogP contribution in [-0.2, 0) is 4.79 Å². The van der Waals surface area contributed by atoms with E-state index in [1.54, 1.807) is 0 Å². The van der Waals surface area contributed by atoms with Crippen LogP contribution in [0.4, 0.5) is 0 Å². The van der Waals surface area contributed by atoms with Gasteiger partial charge in [0.2, 0.25) is 5.91 Å². The third kappa shape index (κ3) is 5.11. The highest BCUT2D eigenvalue weighted by molar-refractivity contribution is 5.78. The molecular formula is C15H29N3O. The summed E-state index contributed by atoms with van der Waals surface area (Å²) < 4.78 is 0. The van der Waals surface area contributed by atoms with Crippen LogP contribution in [0.15, 0.2) is 0 Å². The molecule has 4 heteroatoms. The number of piperidine rings is 2. The van der Waals surface area contributed by atoms with Crippen LogP contribution < -0.4 is 10.6 Å². The van der Waals surface area contributed by atoms with E-state index < -0.39 is 0 Å². The number of carbonyl (C=O) groups excluding carboxylic acids is 1. The van der Waals surface area contributed by atoms with E-state index in [0.717, 1.165) is 38.9 Å². The molecule has 0 aliphatic carbocycles. The maximum absolute atomic E-state index is 12.0. The predicted molar refractivity (Wildman–Crippen MR) is 78.1 cm³/mol. The van der Waals surface area contributed by atoms with Crippen molar-refractivity contribution in [1.29, 1.82) is 0 Å². The first kappa shape index (κ1) is 14.8. The minimum absolute atomic E-state index is 0.228. The summed E-state index contributed by atoms with van der Waals surface area (Å²) in [5, 5.41) is 6.51. The third-order valence-corrected chi connectivity index (χ3v) is 4.39. The first-order valence-electron chi connectivity index (χ1n) is 7.99. The summed E-state index contributed by atoms with van der Waals surface area (Å²) in [6.45, 7) is 7.62. The number of nitrogens with zero attached hydrogens (tertiary/aromatic N) is 1. The highest BCUT2D eigenvalue weighted by Crippen LogP contribution is 2.15. The summed E-state index contributed by atoms with van der Waals surface area (Å²) in [6.07, 6.45) is 7.15. The highest BCUT2D eigenvalue weighted by Gasteiger charge is 2.24. The van der Waals surface area contributed by atoms with Gasteiger partial charge < -0.3 is 15.5 Å². The second-order valence-corrected chi connectivity index (χ2v) is 6.12. The smallest absolute Gasteiger partial charge is 0.223 e. The molecular weight excluding hydrogens is 238 g/mol. The molecule has 2 fully saturated rings. The quantitative estimate of drug-likeness (QED) is 0.739. The van der Waals surface area contributed by atoms with Crippen LogP contribution in [0.5, 0.6) is 0 Å². The summed E-state index contributed by atoms with van der Waals surface area (Å²) in [5.41, 5.74) is 0. The summed E-state index contributed by atoms with van der Waals surface area (Å²) >= 11 is 0. The Morgan fingerprint density at radius 2 is 2.11 bits per heavy atom. The van der Waals surface area contributed by atoms with Crippen LogP contribution in [0.3, 0.4) is 0 Å². The number of likely N-dealkylation sites (tertiary alicyclic amines) is 1. The number of hydrogen-bond acceptors (Lipinski definition) is 3. The first-order chi connectivity index (χ1) is 9.25. The van der Waals surface area contributed by atoms with Crippen molar-refractivity contribution in [2.75, 3.05) is 32.7 Å². The minimum Gasteiger partial charge on any atom is -0.356 e. The van der Waals surface area contributed by atoms with Crippen LogP contribution in [-0.4, -0.2) is 49.6 Å². The molecule has 2 unspecified atom stereocenters. The van der Waals surface area contributed by atoms with E-state index in [4.69, 9.17) is 0 Å². The van der Waals surface area contributed by atoms with Crippen molar-refractivity contribution in [3.8, 4) is 0 Å². The first-order valence-corrected chi connectivity index (χ1v) is 7.99. The SMILES string of the molecule is CC1CC(C(=O)NCCCN2CCCCC2)CCN1. The van der Waals surface area contributed by atoms with Crippen molar-refractivity contribution in [3.05, 3.63) is 0 Å². The van der Waals surface area contributed by atoms with Gasteiger partial charge in [0.05, 0.1) is 0 Å². The summed E-state index contributed by atoms with van der Waals surface area (Å²) in [6, 6.07) is 0.484.